The molecule has 1 amide bonds. The number of nitrogens with one attached hydrogen (secondary N) is 2. The van der Waals surface area contributed by atoms with Gasteiger partial charge in [-0.2, -0.15) is 0 Å². The second-order valence-electron chi connectivity index (χ2n) is 6.80. The lowest BCUT2D eigenvalue weighted by Gasteiger charge is -2.17. The Balaban J connectivity index is 1.68. The Morgan fingerprint density at radius 1 is 1.21 bits per heavy atom. The van der Waals surface area contributed by atoms with E-state index in [4.69, 9.17) is 9.47 Å². The zero-order valence-corrected chi connectivity index (χ0v) is 16.5. The molecule has 0 aromatic carbocycles. The number of ether oxygens (including phenoxy) is 2. The lowest BCUT2D eigenvalue weighted by atomic mass is 10.1. The van der Waals surface area contributed by atoms with Crippen LogP contribution in [0.5, 0.6) is 0 Å². The fourth-order valence-electron chi connectivity index (χ4n) is 3.37. The van der Waals surface area contributed by atoms with Crippen LogP contribution in [0.4, 0.5) is 11.5 Å². The van der Waals surface area contributed by atoms with Crippen LogP contribution in [0.3, 0.4) is 0 Å². The van der Waals surface area contributed by atoms with E-state index in [1.807, 2.05) is 6.07 Å². The summed E-state index contributed by atoms with van der Waals surface area (Å²) in [7, 11) is 1.54. The smallest absolute Gasteiger partial charge is 0.340 e. The Bertz CT molecular complexity index is 839. The zero-order chi connectivity index (χ0) is 20.1. The molecule has 2 aromatic rings. The number of aromatic amines is 1. The molecule has 1 fully saturated rings. The second-order valence-corrected chi connectivity index (χ2v) is 6.80. The number of methoxy groups -OCH3 is 1. The van der Waals surface area contributed by atoms with Gasteiger partial charge in [-0.15, -0.1) is 0 Å². The first-order valence-corrected chi connectivity index (χ1v) is 9.39. The summed E-state index contributed by atoms with van der Waals surface area (Å²) >= 11 is 0. The lowest BCUT2D eigenvalue weighted by Crippen LogP contribution is -2.18. The second kappa shape index (κ2) is 8.88. The predicted octanol–water partition coefficient (Wildman–Crippen LogP) is 2.68. The third-order valence-electron chi connectivity index (χ3n) is 4.85. The van der Waals surface area contributed by atoms with Crippen LogP contribution in [0.1, 0.15) is 44.9 Å². The van der Waals surface area contributed by atoms with Gasteiger partial charge in [-0.3, -0.25) is 4.79 Å². The van der Waals surface area contributed by atoms with E-state index in [1.54, 1.807) is 26.1 Å². The third kappa shape index (κ3) is 4.33. The van der Waals surface area contributed by atoms with Gasteiger partial charge in [0.25, 0.3) is 5.91 Å². The lowest BCUT2D eigenvalue weighted by molar-refractivity contribution is 0.0387. The number of H-pyrrole nitrogens is 1. The highest BCUT2D eigenvalue weighted by atomic mass is 16.6. The van der Waals surface area contributed by atoms with Gasteiger partial charge in [0.05, 0.1) is 24.1 Å². The van der Waals surface area contributed by atoms with E-state index in [0.29, 0.717) is 34.9 Å². The number of pyridine rings is 1. The quantitative estimate of drug-likeness (QED) is 0.561. The molecule has 8 nitrogen and oxygen atoms in total. The number of amides is 1. The first kappa shape index (κ1) is 19.9. The number of esters is 1. The third-order valence-corrected chi connectivity index (χ3v) is 4.85. The molecule has 0 atom stereocenters. The standard InChI is InChI=1S/C20H26N4O4/c1-13-17(20(26)28-11-10-27-3)14(2)22-18(13)19(25)23-16-7-6-15(12-21-16)24-8-4-5-9-24/h6-7,12,22H,4-5,8-11H2,1-3H3,(H,21,23,25). The first-order valence-electron chi connectivity index (χ1n) is 9.39. The van der Waals surface area contributed by atoms with Crippen molar-refractivity contribution in [2.24, 2.45) is 0 Å². The van der Waals surface area contributed by atoms with Gasteiger partial charge in [0.2, 0.25) is 0 Å². The number of anilines is 2. The predicted molar refractivity (Wildman–Crippen MR) is 106 cm³/mol. The maximum Gasteiger partial charge on any atom is 0.340 e. The molecule has 1 aliphatic heterocycles. The molecule has 0 bridgehead atoms. The Labute approximate surface area is 164 Å². The highest BCUT2D eigenvalue weighted by Gasteiger charge is 2.23. The molecule has 0 spiro atoms. The van der Waals surface area contributed by atoms with Crippen LogP contribution in [0.15, 0.2) is 18.3 Å². The van der Waals surface area contributed by atoms with Crippen LogP contribution >= 0.6 is 0 Å². The van der Waals surface area contributed by atoms with Crippen molar-refractivity contribution in [2.45, 2.75) is 26.7 Å². The number of carbonyl (C=O) groups is 2. The zero-order valence-electron chi connectivity index (χ0n) is 16.5. The number of aromatic nitrogens is 2. The van der Waals surface area contributed by atoms with Gasteiger partial charge in [0.1, 0.15) is 18.1 Å². The Morgan fingerprint density at radius 3 is 2.61 bits per heavy atom. The van der Waals surface area contributed by atoms with Crippen LogP contribution in [0, 0.1) is 13.8 Å². The highest BCUT2D eigenvalue weighted by molar-refractivity contribution is 6.06. The van der Waals surface area contributed by atoms with Crippen LogP contribution in [-0.2, 0) is 9.47 Å². The molecule has 1 aliphatic rings. The SMILES string of the molecule is COCCOC(=O)c1c(C)[nH]c(C(=O)Nc2ccc(N3CCCC3)cn2)c1C. The van der Waals surface area contributed by atoms with Gasteiger partial charge < -0.3 is 24.7 Å². The maximum absolute atomic E-state index is 12.7. The van der Waals surface area contributed by atoms with Crippen molar-refractivity contribution in [1.29, 1.82) is 0 Å². The van der Waals surface area contributed by atoms with E-state index in [9.17, 15) is 9.59 Å². The van der Waals surface area contributed by atoms with Crippen molar-refractivity contribution in [2.75, 3.05) is 43.6 Å². The Hall–Kier alpha value is -2.87. The molecule has 0 saturated carbocycles. The van der Waals surface area contributed by atoms with Gasteiger partial charge in [0.15, 0.2) is 0 Å². The van der Waals surface area contributed by atoms with E-state index in [1.165, 1.54) is 20.0 Å². The summed E-state index contributed by atoms with van der Waals surface area (Å²) in [5, 5.41) is 2.78. The summed E-state index contributed by atoms with van der Waals surface area (Å²) in [6, 6.07) is 3.75. The number of aryl methyl sites for hydroxylation is 1. The number of carbonyl (C=O) groups excluding carboxylic acids is 2. The Kier molecular flexibility index (Phi) is 6.30. The molecule has 8 heteroatoms. The molecule has 1 saturated heterocycles. The summed E-state index contributed by atoms with van der Waals surface area (Å²) in [6.07, 6.45) is 4.16. The molecule has 3 heterocycles. The molecule has 150 valence electrons. The van der Waals surface area contributed by atoms with Gasteiger partial charge in [-0.05, 0) is 44.4 Å². The first-order chi connectivity index (χ1) is 13.5. The number of hydrogen-bond donors (Lipinski definition) is 2. The van der Waals surface area contributed by atoms with E-state index in [2.05, 4.69) is 20.2 Å². The summed E-state index contributed by atoms with van der Waals surface area (Å²) in [5.74, 6) is -0.364. The fraction of sp³-hybridized carbons (Fsp3) is 0.450. The minimum Gasteiger partial charge on any atom is -0.460 e. The molecule has 2 aromatic heterocycles. The van der Waals surface area contributed by atoms with Crippen molar-refractivity contribution in [3.05, 3.63) is 40.8 Å². The van der Waals surface area contributed by atoms with Gasteiger partial charge in [0, 0.05) is 25.9 Å². The van der Waals surface area contributed by atoms with E-state index in [0.717, 1.165) is 18.8 Å². The maximum atomic E-state index is 12.7. The van der Waals surface area contributed by atoms with Crippen molar-refractivity contribution >= 4 is 23.4 Å². The summed E-state index contributed by atoms with van der Waals surface area (Å²) in [5.41, 5.74) is 2.89. The molecular formula is C20H26N4O4. The monoisotopic (exact) mass is 386 g/mol. The average Bonchev–Trinajstić information content (AvgIpc) is 3.31. The number of hydrogen-bond acceptors (Lipinski definition) is 6. The fourth-order valence-corrected chi connectivity index (χ4v) is 3.37. The van der Waals surface area contributed by atoms with Crippen molar-refractivity contribution in [1.82, 2.24) is 9.97 Å². The number of nitrogens with zero attached hydrogens (tertiary/aromatic N) is 2. The molecule has 2 N–H and O–H groups in total. The summed E-state index contributed by atoms with van der Waals surface area (Å²) < 4.78 is 10.1. The average molecular weight is 386 g/mol. The van der Waals surface area contributed by atoms with E-state index >= 15 is 0 Å². The van der Waals surface area contributed by atoms with Gasteiger partial charge in [-0.25, -0.2) is 9.78 Å². The molecule has 0 unspecified atom stereocenters. The Morgan fingerprint density at radius 2 is 1.96 bits per heavy atom. The highest BCUT2D eigenvalue weighted by Crippen LogP contribution is 2.22. The normalized spacial score (nSPS) is 13.6. The molecule has 3 rings (SSSR count). The molecule has 0 aliphatic carbocycles. The van der Waals surface area contributed by atoms with E-state index < -0.39 is 5.97 Å². The molecule has 28 heavy (non-hydrogen) atoms. The van der Waals surface area contributed by atoms with Crippen molar-refractivity contribution < 1.29 is 19.1 Å². The van der Waals surface area contributed by atoms with Gasteiger partial charge in [-0.1, -0.05) is 0 Å². The minimum atomic E-state index is -0.476. The molecular weight excluding hydrogens is 360 g/mol. The van der Waals surface area contributed by atoms with Crippen LogP contribution < -0.4 is 10.2 Å². The van der Waals surface area contributed by atoms with Crippen LogP contribution in [0.2, 0.25) is 0 Å². The van der Waals surface area contributed by atoms with Crippen molar-refractivity contribution in [3.63, 3.8) is 0 Å². The van der Waals surface area contributed by atoms with Crippen LogP contribution in [0.25, 0.3) is 0 Å². The van der Waals surface area contributed by atoms with E-state index in [-0.39, 0.29) is 12.5 Å². The van der Waals surface area contributed by atoms with Crippen LogP contribution in [-0.4, -0.2) is 55.3 Å². The molecule has 0 radical (unpaired) electrons. The number of rotatable bonds is 7. The van der Waals surface area contributed by atoms with Gasteiger partial charge >= 0.3 is 5.97 Å². The summed E-state index contributed by atoms with van der Waals surface area (Å²) in [6.45, 7) is 6.01. The summed E-state index contributed by atoms with van der Waals surface area (Å²) in [4.78, 5) is 34.5. The largest absolute Gasteiger partial charge is 0.460 e. The minimum absolute atomic E-state index is 0.161. The topological polar surface area (TPSA) is 96.5 Å². The van der Waals surface area contributed by atoms with Crippen molar-refractivity contribution in [3.8, 4) is 0 Å².